The third-order valence-corrected chi connectivity index (χ3v) is 4.64. The minimum Gasteiger partial charge on any atom is -0.493 e. The minimum atomic E-state index is 0.454. The van der Waals surface area contributed by atoms with Crippen LogP contribution in [0.2, 0.25) is 0 Å². The van der Waals surface area contributed by atoms with Crippen molar-refractivity contribution in [2.75, 3.05) is 47.5 Å². The average Bonchev–Trinajstić information content (AvgIpc) is 3.40. The van der Waals surface area contributed by atoms with E-state index in [9.17, 15) is 0 Å². The first-order chi connectivity index (χ1) is 10.8. The molecule has 3 rings (SSSR count). The Kier molecular flexibility index (Phi) is 4.74. The van der Waals surface area contributed by atoms with Gasteiger partial charge in [0.05, 0.1) is 21.3 Å². The Bertz CT molecular complexity index is 486. The lowest BCUT2D eigenvalue weighted by molar-refractivity contribution is 0.155. The highest BCUT2D eigenvalue weighted by Crippen LogP contribution is 2.48. The van der Waals surface area contributed by atoms with E-state index < -0.39 is 0 Å². The van der Waals surface area contributed by atoms with Crippen molar-refractivity contribution in [3.63, 3.8) is 0 Å². The maximum Gasteiger partial charge on any atom is 0.203 e. The molecule has 2 aliphatic rings. The number of nitrogens with zero attached hydrogens (tertiary/aromatic N) is 1. The molecule has 2 fully saturated rings. The summed E-state index contributed by atoms with van der Waals surface area (Å²) in [5, 5.41) is 3.43. The maximum atomic E-state index is 5.52. The Balaban J connectivity index is 1.96. The molecule has 5 nitrogen and oxygen atoms in total. The fourth-order valence-electron chi connectivity index (χ4n) is 3.43. The van der Waals surface area contributed by atoms with Crippen LogP contribution in [0.4, 0.5) is 0 Å². The van der Waals surface area contributed by atoms with E-state index in [1.54, 1.807) is 21.3 Å². The van der Waals surface area contributed by atoms with Crippen molar-refractivity contribution in [1.29, 1.82) is 0 Å². The minimum absolute atomic E-state index is 0.454. The molecular formula is C17H26N2O3. The first-order valence-corrected chi connectivity index (χ1v) is 8.03. The summed E-state index contributed by atoms with van der Waals surface area (Å²) in [6, 6.07) is 4.69. The van der Waals surface area contributed by atoms with Crippen LogP contribution >= 0.6 is 0 Å². The lowest BCUT2D eigenvalue weighted by Gasteiger charge is -2.35. The predicted octanol–water partition coefficient (Wildman–Crippen LogP) is 2.07. The SMILES string of the molecule is COc1cc([C@H](C2CC2)N2CCNCC2)cc(OC)c1OC. The molecule has 1 saturated heterocycles. The summed E-state index contributed by atoms with van der Waals surface area (Å²) < 4.78 is 16.5. The van der Waals surface area contributed by atoms with Crippen LogP contribution in [-0.4, -0.2) is 52.4 Å². The van der Waals surface area contributed by atoms with Gasteiger partial charge < -0.3 is 19.5 Å². The van der Waals surface area contributed by atoms with Gasteiger partial charge in [0.2, 0.25) is 5.75 Å². The second-order valence-electron chi connectivity index (χ2n) is 6.03. The van der Waals surface area contributed by atoms with Crippen molar-refractivity contribution >= 4 is 0 Å². The molecule has 0 amide bonds. The highest BCUT2D eigenvalue weighted by atomic mass is 16.5. The van der Waals surface area contributed by atoms with E-state index >= 15 is 0 Å². The van der Waals surface area contributed by atoms with Crippen molar-refractivity contribution in [2.45, 2.75) is 18.9 Å². The van der Waals surface area contributed by atoms with Gasteiger partial charge in [0, 0.05) is 32.2 Å². The summed E-state index contributed by atoms with van der Waals surface area (Å²) in [5.74, 6) is 2.92. The summed E-state index contributed by atoms with van der Waals surface area (Å²) in [4.78, 5) is 2.59. The molecule has 1 aromatic carbocycles. The van der Waals surface area contributed by atoms with E-state index in [-0.39, 0.29) is 0 Å². The molecule has 0 bridgehead atoms. The van der Waals surface area contributed by atoms with Crippen molar-refractivity contribution in [1.82, 2.24) is 10.2 Å². The summed E-state index contributed by atoms with van der Waals surface area (Å²) in [6.45, 7) is 4.32. The summed E-state index contributed by atoms with van der Waals surface area (Å²) in [5.41, 5.74) is 1.28. The van der Waals surface area contributed by atoms with Gasteiger partial charge in [0.25, 0.3) is 0 Å². The Hall–Kier alpha value is -1.46. The number of benzene rings is 1. The van der Waals surface area contributed by atoms with Gasteiger partial charge in [-0.25, -0.2) is 0 Å². The van der Waals surface area contributed by atoms with Crippen LogP contribution in [0.25, 0.3) is 0 Å². The number of hydrogen-bond acceptors (Lipinski definition) is 5. The van der Waals surface area contributed by atoms with Gasteiger partial charge in [0.15, 0.2) is 11.5 Å². The third kappa shape index (κ3) is 3.01. The van der Waals surface area contributed by atoms with E-state index in [0.717, 1.165) is 43.6 Å². The third-order valence-electron chi connectivity index (χ3n) is 4.64. The first-order valence-electron chi connectivity index (χ1n) is 8.03. The van der Waals surface area contributed by atoms with Crippen molar-refractivity contribution in [2.24, 2.45) is 5.92 Å². The first kappa shape index (κ1) is 15.4. The van der Waals surface area contributed by atoms with Gasteiger partial charge in [-0.15, -0.1) is 0 Å². The highest BCUT2D eigenvalue weighted by Gasteiger charge is 2.37. The Labute approximate surface area is 132 Å². The monoisotopic (exact) mass is 306 g/mol. The molecule has 0 spiro atoms. The van der Waals surface area contributed by atoms with Crippen molar-refractivity contribution in [3.05, 3.63) is 17.7 Å². The lowest BCUT2D eigenvalue weighted by atomic mass is 9.98. The molecule has 1 saturated carbocycles. The fraction of sp³-hybridized carbons (Fsp3) is 0.647. The molecule has 0 aromatic heterocycles. The van der Waals surface area contributed by atoms with Crippen LogP contribution in [0.1, 0.15) is 24.4 Å². The van der Waals surface area contributed by atoms with Crippen molar-refractivity contribution < 1.29 is 14.2 Å². The van der Waals surface area contributed by atoms with Gasteiger partial charge in [-0.2, -0.15) is 0 Å². The van der Waals surface area contributed by atoms with Gasteiger partial charge in [-0.1, -0.05) is 0 Å². The van der Waals surface area contributed by atoms with Crippen LogP contribution in [0.15, 0.2) is 12.1 Å². The van der Waals surface area contributed by atoms with E-state index in [1.807, 2.05) is 0 Å². The molecule has 1 heterocycles. The zero-order valence-corrected chi connectivity index (χ0v) is 13.7. The smallest absolute Gasteiger partial charge is 0.203 e. The number of methoxy groups -OCH3 is 3. The van der Waals surface area contributed by atoms with Crippen LogP contribution in [0.5, 0.6) is 17.2 Å². The van der Waals surface area contributed by atoms with Gasteiger partial charge in [-0.3, -0.25) is 4.90 Å². The number of ether oxygens (including phenoxy) is 3. The molecule has 1 atom stereocenters. The molecule has 1 N–H and O–H groups in total. The standard InChI is InChI=1S/C17H26N2O3/c1-20-14-10-13(11-15(21-2)17(14)22-3)16(12-4-5-12)19-8-6-18-7-9-19/h10-12,16,18H,4-9H2,1-3H3/t16-/m0/s1. The molecule has 122 valence electrons. The molecule has 1 aliphatic carbocycles. The second-order valence-corrected chi connectivity index (χ2v) is 6.03. The number of piperazine rings is 1. The van der Waals surface area contributed by atoms with E-state index in [1.165, 1.54) is 18.4 Å². The second kappa shape index (κ2) is 6.75. The van der Waals surface area contributed by atoms with Gasteiger partial charge in [-0.05, 0) is 36.5 Å². The molecule has 5 heteroatoms. The average molecular weight is 306 g/mol. The number of nitrogens with one attached hydrogen (secondary N) is 1. The zero-order chi connectivity index (χ0) is 15.5. The van der Waals surface area contributed by atoms with Crippen LogP contribution < -0.4 is 19.5 Å². The van der Waals surface area contributed by atoms with Gasteiger partial charge >= 0.3 is 0 Å². The molecule has 0 radical (unpaired) electrons. The maximum absolute atomic E-state index is 5.52. The quantitative estimate of drug-likeness (QED) is 0.871. The van der Waals surface area contributed by atoms with Crippen LogP contribution in [0, 0.1) is 5.92 Å². The lowest BCUT2D eigenvalue weighted by Crippen LogP contribution is -2.45. The summed E-state index contributed by atoms with van der Waals surface area (Å²) in [6.07, 6.45) is 2.62. The molecular weight excluding hydrogens is 280 g/mol. The van der Waals surface area contributed by atoms with Crippen molar-refractivity contribution in [3.8, 4) is 17.2 Å². The molecule has 1 aliphatic heterocycles. The largest absolute Gasteiger partial charge is 0.493 e. The van der Waals surface area contributed by atoms with E-state index in [0.29, 0.717) is 11.8 Å². The Morgan fingerprint density at radius 2 is 1.59 bits per heavy atom. The van der Waals surface area contributed by atoms with Crippen LogP contribution in [-0.2, 0) is 0 Å². The zero-order valence-electron chi connectivity index (χ0n) is 13.7. The number of hydrogen-bond donors (Lipinski definition) is 1. The molecule has 1 aromatic rings. The Morgan fingerprint density at radius 3 is 2.05 bits per heavy atom. The topological polar surface area (TPSA) is 43.0 Å². The highest BCUT2D eigenvalue weighted by molar-refractivity contribution is 5.54. The van der Waals surface area contributed by atoms with E-state index in [4.69, 9.17) is 14.2 Å². The normalized spacial score (nSPS) is 20.5. The predicted molar refractivity (Wildman–Crippen MR) is 86.0 cm³/mol. The molecule has 22 heavy (non-hydrogen) atoms. The fourth-order valence-corrected chi connectivity index (χ4v) is 3.43. The van der Waals surface area contributed by atoms with E-state index in [2.05, 4.69) is 22.3 Å². The van der Waals surface area contributed by atoms with Gasteiger partial charge in [0.1, 0.15) is 0 Å². The Morgan fingerprint density at radius 1 is 1.00 bits per heavy atom. The summed E-state index contributed by atoms with van der Waals surface area (Å²) in [7, 11) is 5.00. The van der Waals surface area contributed by atoms with Crippen LogP contribution in [0.3, 0.4) is 0 Å². The summed E-state index contributed by atoms with van der Waals surface area (Å²) >= 11 is 0. The molecule has 0 unspecified atom stereocenters. The number of rotatable bonds is 6.